The van der Waals surface area contributed by atoms with Crippen LogP contribution in [0.15, 0.2) is 36.4 Å². The van der Waals surface area contributed by atoms with Crippen molar-refractivity contribution in [3.8, 4) is 0 Å². The topological polar surface area (TPSA) is 37.4 Å². The lowest BCUT2D eigenvalue weighted by atomic mass is 9.94. The number of unbranched alkanes of at least 4 members (excludes halogenated alkanes) is 3. The summed E-state index contributed by atoms with van der Waals surface area (Å²) in [5.74, 6) is -0.316. The Bertz CT molecular complexity index is 812. The second-order valence-electron chi connectivity index (χ2n) is 8.31. The van der Waals surface area contributed by atoms with Crippen LogP contribution in [0.4, 0.5) is 0 Å². The van der Waals surface area contributed by atoms with Crippen LogP contribution >= 0.6 is 15.9 Å². The third-order valence-corrected chi connectivity index (χ3v) is 6.21. The lowest BCUT2D eigenvalue weighted by Crippen LogP contribution is -2.45. The molecule has 2 amide bonds. The summed E-state index contributed by atoms with van der Waals surface area (Å²) in [4.78, 5) is 27.3. The Morgan fingerprint density at radius 1 is 0.821 bits per heavy atom. The average molecular weight is 446 g/mol. The van der Waals surface area contributed by atoms with E-state index in [2.05, 4.69) is 30.0 Å². The molecule has 150 valence electrons. The van der Waals surface area contributed by atoms with E-state index in [1.54, 1.807) is 0 Å². The standard InChI is InChI=1S/C23H30BrN2O2/c1-26(2,16-6-4-3-5-14-24)17-9-15-25-22(27)19-12-7-10-18-11-8-13-20(21(18)19)23(25)28/h7-8,10-13H,3-6,9,14-17H2,1-2H3/q+1. The number of rotatable bonds is 10. The van der Waals surface area contributed by atoms with Gasteiger partial charge in [0.25, 0.3) is 11.8 Å². The zero-order chi connectivity index (χ0) is 20.1. The number of benzene rings is 2. The fraction of sp³-hybridized carbons (Fsp3) is 0.478. The van der Waals surface area contributed by atoms with Crippen LogP contribution < -0.4 is 0 Å². The fourth-order valence-corrected chi connectivity index (χ4v) is 4.44. The average Bonchev–Trinajstić information content (AvgIpc) is 2.68. The first-order valence-electron chi connectivity index (χ1n) is 10.2. The molecule has 28 heavy (non-hydrogen) atoms. The van der Waals surface area contributed by atoms with E-state index in [9.17, 15) is 9.59 Å². The lowest BCUT2D eigenvalue weighted by molar-refractivity contribution is -0.890. The summed E-state index contributed by atoms with van der Waals surface area (Å²) in [6.45, 7) is 2.57. The number of amides is 2. The van der Waals surface area contributed by atoms with Gasteiger partial charge >= 0.3 is 0 Å². The molecule has 0 bridgehead atoms. The van der Waals surface area contributed by atoms with Gasteiger partial charge in [-0.1, -0.05) is 46.6 Å². The van der Waals surface area contributed by atoms with Crippen LogP contribution in [-0.2, 0) is 0 Å². The largest absolute Gasteiger partial charge is 0.328 e. The molecule has 1 heterocycles. The number of nitrogens with zero attached hydrogens (tertiary/aromatic N) is 2. The van der Waals surface area contributed by atoms with E-state index in [0.29, 0.717) is 17.7 Å². The second-order valence-corrected chi connectivity index (χ2v) is 9.10. The van der Waals surface area contributed by atoms with Gasteiger partial charge < -0.3 is 4.48 Å². The molecule has 0 saturated heterocycles. The van der Waals surface area contributed by atoms with Crippen molar-refractivity contribution in [2.24, 2.45) is 0 Å². The van der Waals surface area contributed by atoms with Gasteiger partial charge in [0.15, 0.2) is 0 Å². The molecule has 0 radical (unpaired) electrons. The maximum atomic E-state index is 12.9. The van der Waals surface area contributed by atoms with Crippen molar-refractivity contribution in [3.05, 3.63) is 47.5 Å². The number of carbonyl (C=O) groups excluding carboxylic acids is 2. The van der Waals surface area contributed by atoms with Crippen LogP contribution in [0.1, 0.15) is 52.8 Å². The molecule has 1 aliphatic rings. The van der Waals surface area contributed by atoms with E-state index in [1.807, 2.05) is 36.4 Å². The van der Waals surface area contributed by atoms with Crippen molar-refractivity contribution in [1.82, 2.24) is 4.90 Å². The van der Waals surface area contributed by atoms with Gasteiger partial charge in [0.05, 0.1) is 27.2 Å². The van der Waals surface area contributed by atoms with E-state index in [4.69, 9.17) is 0 Å². The number of hydrogen-bond acceptors (Lipinski definition) is 2. The highest BCUT2D eigenvalue weighted by Gasteiger charge is 2.32. The Hall–Kier alpha value is -1.72. The molecule has 0 aliphatic carbocycles. The Morgan fingerprint density at radius 3 is 2.00 bits per heavy atom. The molecule has 2 aromatic carbocycles. The van der Waals surface area contributed by atoms with Crippen LogP contribution in [0.2, 0.25) is 0 Å². The minimum absolute atomic E-state index is 0.158. The van der Waals surface area contributed by atoms with Crippen molar-refractivity contribution in [1.29, 1.82) is 0 Å². The van der Waals surface area contributed by atoms with Gasteiger partial charge in [0.1, 0.15) is 0 Å². The smallest absolute Gasteiger partial charge is 0.261 e. The summed E-state index contributed by atoms with van der Waals surface area (Å²) in [5, 5.41) is 2.84. The first-order valence-corrected chi connectivity index (χ1v) is 11.3. The quantitative estimate of drug-likeness (QED) is 0.226. The first-order chi connectivity index (χ1) is 13.4. The van der Waals surface area contributed by atoms with Gasteiger partial charge in [0, 0.05) is 34.8 Å². The van der Waals surface area contributed by atoms with Crippen LogP contribution in [0.3, 0.4) is 0 Å². The minimum atomic E-state index is -0.158. The summed E-state index contributed by atoms with van der Waals surface area (Å²) in [5.41, 5.74) is 1.29. The van der Waals surface area contributed by atoms with Crippen molar-refractivity contribution < 1.29 is 14.1 Å². The van der Waals surface area contributed by atoms with Gasteiger partial charge in [-0.25, -0.2) is 0 Å². The normalized spacial score (nSPS) is 14.2. The van der Waals surface area contributed by atoms with Crippen molar-refractivity contribution in [2.45, 2.75) is 32.1 Å². The summed E-state index contributed by atoms with van der Waals surface area (Å²) in [7, 11) is 4.47. The molecule has 0 aromatic heterocycles. The van der Waals surface area contributed by atoms with Crippen LogP contribution in [0.5, 0.6) is 0 Å². The van der Waals surface area contributed by atoms with Crippen molar-refractivity contribution in [3.63, 3.8) is 0 Å². The third kappa shape index (κ3) is 4.64. The molecule has 1 aliphatic heterocycles. The molecule has 0 saturated carbocycles. The molecule has 0 unspecified atom stereocenters. The highest BCUT2D eigenvalue weighted by atomic mass is 79.9. The molecule has 0 N–H and O–H groups in total. The highest BCUT2D eigenvalue weighted by Crippen LogP contribution is 2.30. The Kier molecular flexibility index (Phi) is 6.89. The predicted octanol–water partition coefficient (Wildman–Crippen LogP) is 4.86. The number of imide groups is 1. The van der Waals surface area contributed by atoms with Gasteiger partial charge in [-0.15, -0.1) is 0 Å². The maximum Gasteiger partial charge on any atom is 0.261 e. The highest BCUT2D eigenvalue weighted by molar-refractivity contribution is 9.09. The van der Waals surface area contributed by atoms with E-state index in [-0.39, 0.29) is 11.8 Å². The maximum absolute atomic E-state index is 12.9. The summed E-state index contributed by atoms with van der Waals surface area (Å²) in [6.07, 6.45) is 5.81. The first kappa shape index (κ1) is 21.0. The SMILES string of the molecule is C[N+](C)(CCCCCCBr)CCCN1C(=O)c2cccc3cccc(c23)C1=O. The molecule has 2 aromatic rings. The molecule has 4 nitrogen and oxygen atoms in total. The summed E-state index contributed by atoms with van der Waals surface area (Å²) in [6, 6.07) is 11.4. The van der Waals surface area contributed by atoms with Crippen LogP contribution in [-0.4, -0.2) is 60.3 Å². The van der Waals surface area contributed by atoms with E-state index in [1.165, 1.54) is 30.6 Å². The van der Waals surface area contributed by atoms with E-state index in [0.717, 1.165) is 40.1 Å². The third-order valence-electron chi connectivity index (χ3n) is 5.65. The molecule has 0 atom stereocenters. The van der Waals surface area contributed by atoms with Crippen LogP contribution in [0.25, 0.3) is 10.8 Å². The molecule has 0 fully saturated rings. The Balaban J connectivity index is 1.60. The van der Waals surface area contributed by atoms with Gasteiger partial charge in [-0.3, -0.25) is 14.5 Å². The number of hydrogen-bond donors (Lipinski definition) is 0. The monoisotopic (exact) mass is 445 g/mol. The van der Waals surface area contributed by atoms with E-state index >= 15 is 0 Å². The number of quaternary nitrogens is 1. The van der Waals surface area contributed by atoms with Crippen molar-refractivity contribution >= 4 is 38.5 Å². The number of alkyl halides is 1. The molecule has 0 spiro atoms. The molecular weight excluding hydrogens is 416 g/mol. The van der Waals surface area contributed by atoms with Crippen molar-refractivity contribution in [2.75, 3.05) is 39.1 Å². The Labute approximate surface area is 176 Å². The zero-order valence-corrected chi connectivity index (χ0v) is 18.5. The van der Waals surface area contributed by atoms with Gasteiger partial charge in [0.2, 0.25) is 0 Å². The minimum Gasteiger partial charge on any atom is -0.328 e. The van der Waals surface area contributed by atoms with Gasteiger partial charge in [-0.05, 0) is 36.8 Å². The summed E-state index contributed by atoms with van der Waals surface area (Å²) >= 11 is 3.48. The van der Waals surface area contributed by atoms with E-state index < -0.39 is 0 Å². The number of carbonyl (C=O) groups is 2. The zero-order valence-electron chi connectivity index (χ0n) is 16.9. The molecule has 5 heteroatoms. The van der Waals surface area contributed by atoms with Crippen LogP contribution in [0, 0.1) is 0 Å². The molecule has 3 rings (SSSR count). The number of halogens is 1. The summed E-state index contributed by atoms with van der Waals surface area (Å²) < 4.78 is 0.927. The molecular formula is C23H30BrN2O2+. The lowest BCUT2D eigenvalue weighted by Gasteiger charge is -2.32. The second kappa shape index (κ2) is 9.19. The Morgan fingerprint density at radius 2 is 1.39 bits per heavy atom. The predicted molar refractivity (Wildman–Crippen MR) is 118 cm³/mol. The van der Waals surface area contributed by atoms with Gasteiger partial charge in [-0.2, -0.15) is 0 Å². The fourth-order valence-electron chi connectivity index (χ4n) is 4.04.